The van der Waals surface area contributed by atoms with Crippen LogP contribution in [-0.2, 0) is 10.3 Å². The summed E-state index contributed by atoms with van der Waals surface area (Å²) in [6.45, 7) is 0. The van der Waals surface area contributed by atoms with Crippen LogP contribution in [0.3, 0.4) is 0 Å². The molecule has 1 aromatic carbocycles. The van der Waals surface area contributed by atoms with Crippen LogP contribution >= 0.6 is 0 Å². The van der Waals surface area contributed by atoms with Crippen LogP contribution in [0.5, 0.6) is 5.75 Å². The van der Waals surface area contributed by atoms with Crippen LogP contribution in [0.25, 0.3) is 0 Å². The summed E-state index contributed by atoms with van der Waals surface area (Å²) in [6, 6.07) is 6.75. The van der Waals surface area contributed by atoms with Crippen molar-refractivity contribution in [2.24, 2.45) is 4.40 Å². The molecule has 0 saturated heterocycles. The maximum absolute atomic E-state index is 11.5. The van der Waals surface area contributed by atoms with Crippen LogP contribution in [-0.4, -0.2) is 33.4 Å². The fourth-order valence-electron chi connectivity index (χ4n) is 1.22. The van der Waals surface area contributed by atoms with Crippen LogP contribution < -0.4 is 9.50 Å². The largest absolute Gasteiger partial charge is 0.431 e. The number of nitrogens with zero attached hydrogens (tertiary/aromatic N) is 2. The normalized spacial score (nSPS) is 17.2. The molecule has 1 N–H and O–H groups in total. The zero-order chi connectivity index (χ0) is 11.8. The highest BCUT2D eigenvalue weighted by Crippen LogP contribution is 2.27. The van der Waals surface area contributed by atoms with E-state index in [2.05, 4.69) is 9.71 Å². The van der Waals surface area contributed by atoms with E-state index in [0.717, 1.165) is 0 Å². The summed E-state index contributed by atoms with van der Waals surface area (Å²) in [5, 5.41) is 2.89. The van der Waals surface area contributed by atoms with E-state index in [-0.39, 0.29) is 11.7 Å². The molecule has 0 fully saturated rings. The second-order valence-electron chi connectivity index (χ2n) is 3.44. The van der Waals surface area contributed by atoms with Gasteiger partial charge in [-0.1, -0.05) is 16.5 Å². The molecule has 0 bridgehead atoms. The van der Waals surface area contributed by atoms with E-state index >= 15 is 0 Å². The van der Waals surface area contributed by atoms with E-state index in [9.17, 15) is 8.42 Å². The topological polar surface area (TPSA) is 71.0 Å². The van der Waals surface area contributed by atoms with Crippen LogP contribution in [0.1, 0.15) is 0 Å². The van der Waals surface area contributed by atoms with Crippen molar-refractivity contribution in [2.75, 3.05) is 19.4 Å². The Balaban J connectivity index is 2.53. The molecule has 1 aliphatic heterocycles. The van der Waals surface area contributed by atoms with Gasteiger partial charge in [-0.05, 0) is 12.1 Å². The van der Waals surface area contributed by atoms with E-state index in [1.807, 2.05) is 0 Å². The minimum Gasteiger partial charge on any atom is -0.363 e. The molecule has 16 heavy (non-hydrogen) atoms. The number of guanidine groups is 1. The zero-order valence-electron chi connectivity index (χ0n) is 8.84. The molecule has 0 unspecified atom stereocenters. The van der Waals surface area contributed by atoms with Gasteiger partial charge in [0, 0.05) is 14.1 Å². The van der Waals surface area contributed by atoms with Crippen molar-refractivity contribution in [3.05, 3.63) is 24.3 Å². The van der Waals surface area contributed by atoms with E-state index < -0.39 is 10.3 Å². The van der Waals surface area contributed by atoms with Gasteiger partial charge < -0.3 is 14.4 Å². The first-order chi connectivity index (χ1) is 7.48. The van der Waals surface area contributed by atoms with Gasteiger partial charge in [-0.25, -0.2) is 0 Å². The van der Waals surface area contributed by atoms with Gasteiger partial charge in [0.25, 0.3) is 0 Å². The lowest BCUT2D eigenvalue weighted by Gasteiger charge is -2.14. The molecule has 1 aliphatic rings. The summed E-state index contributed by atoms with van der Waals surface area (Å²) in [6.07, 6.45) is 0. The number of para-hydroxylation sites is 2. The highest BCUT2D eigenvalue weighted by atomic mass is 32.2. The Hall–Kier alpha value is -1.76. The minimum absolute atomic E-state index is 0.213. The number of benzene rings is 1. The summed E-state index contributed by atoms with van der Waals surface area (Å²) < 4.78 is 31.3. The van der Waals surface area contributed by atoms with Crippen molar-refractivity contribution >= 4 is 22.0 Å². The van der Waals surface area contributed by atoms with Crippen LogP contribution in [0.15, 0.2) is 28.7 Å². The van der Waals surface area contributed by atoms with Gasteiger partial charge in [-0.15, -0.1) is 0 Å². The predicted molar refractivity (Wildman–Crippen MR) is 60.7 cm³/mol. The molecular weight excluding hydrogens is 230 g/mol. The van der Waals surface area contributed by atoms with Crippen molar-refractivity contribution in [3.8, 4) is 5.75 Å². The highest BCUT2D eigenvalue weighted by Gasteiger charge is 2.21. The van der Waals surface area contributed by atoms with E-state index in [1.165, 1.54) is 0 Å². The smallest absolute Gasteiger partial charge is 0.363 e. The van der Waals surface area contributed by atoms with Gasteiger partial charge in [0.1, 0.15) is 0 Å². The molecule has 2 rings (SSSR count). The molecule has 7 heteroatoms. The second-order valence-corrected chi connectivity index (χ2v) is 4.65. The van der Waals surface area contributed by atoms with Gasteiger partial charge in [0.05, 0.1) is 5.69 Å². The first-order valence-corrected chi connectivity index (χ1v) is 5.92. The summed E-state index contributed by atoms with van der Waals surface area (Å²) >= 11 is 0. The van der Waals surface area contributed by atoms with Crippen LogP contribution in [0.4, 0.5) is 5.69 Å². The molecule has 0 amide bonds. The Morgan fingerprint density at radius 2 is 2.00 bits per heavy atom. The van der Waals surface area contributed by atoms with Crippen molar-refractivity contribution < 1.29 is 12.6 Å². The fourth-order valence-corrected chi connectivity index (χ4v) is 2.05. The first kappa shape index (κ1) is 10.7. The molecule has 6 nitrogen and oxygen atoms in total. The number of hydrogen-bond acceptors (Lipinski definition) is 5. The standard InChI is InChI=1S/C9H11N3O3S/c1-12(2)9-10-7-5-3-4-6-8(7)15-16(13,14)11-9/h3-6H,1-2H3,(H,10,11). The fraction of sp³-hybridized carbons (Fsp3) is 0.222. The maximum Gasteiger partial charge on any atom is 0.431 e. The third kappa shape index (κ3) is 2.08. The first-order valence-electron chi connectivity index (χ1n) is 4.56. The molecule has 0 aromatic heterocycles. The molecule has 0 atom stereocenters. The summed E-state index contributed by atoms with van der Waals surface area (Å²) in [5.74, 6) is 0.452. The summed E-state index contributed by atoms with van der Waals surface area (Å²) in [7, 11) is -0.563. The van der Waals surface area contributed by atoms with Crippen molar-refractivity contribution in [3.63, 3.8) is 0 Å². The quantitative estimate of drug-likeness (QED) is 0.722. The molecule has 0 spiro atoms. The van der Waals surface area contributed by atoms with E-state index in [4.69, 9.17) is 4.18 Å². The van der Waals surface area contributed by atoms with Crippen LogP contribution in [0.2, 0.25) is 0 Å². The van der Waals surface area contributed by atoms with Gasteiger partial charge in [-0.2, -0.15) is 8.42 Å². The Morgan fingerprint density at radius 3 is 2.69 bits per heavy atom. The summed E-state index contributed by atoms with van der Waals surface area (Å²) in [4.78, 5) is 1.56. The Kier molecular flexibility index (Phi) is 2.47. The van der Waals surface area contributed by atoms with Crippen molar-refractivity contribution in [1.29, 1.82) is 0 Å². The van der Waals surface area contributed by atoms with E-state index in [1.54, 1.807) is 43.3 Å². The third-order valence-corrected chi connectivity index (χ3v) is 2.74. The monoisotopic (exact) mass is 241 g/mol. The Labute approximate surface area is 93.8 Å². The molecule has 0 radical (unpaired) electrons. The lowest BCUT2D eigenvalue weighted by atomic mass is 10.3. The second kappa shape index (κ2) is 3.67. The predicted octanol–water partition coefficient (Wildman–Crippen LogP) is 0.653. The average molecular weight is 241 g/mol. The third-order valence-electron chi connectivity index (χ3n) is 1.95. The average Bonchev–Trinajstić information content (AvgIpc) is 2.31. The Morgan fingerprint density at radius 1 is 1.31 bits per heavy atom. The SMILES string of the molecule is CN(C)C1=NS(=O)(=O)Oc2ccccc2N1. The number of anilines is 1. The number of hydrogen-bond donors (Lipinski definition) is 1. The van der Waals surface area contributed by atoms with E-state index in [0.29, 0.717) is 5.69 Å². The van der Waals surface area contributed by atoms with Crippen molar-refractivity contribution in [1.82, 2.24) is 4.90 Å². The Bertz CT molecular complexity index is 537. The number of nitrogens with one attached hydrogen (secondary N) is 1. The minimum atomic E-state index is -3.94. The van der Waals surface area contributed by atoms with Gasteiger partial charge >= 0.3 is 10.3 Å². The summed E-state index contributed by atoms with van der Waals surface area (Å²) in [5.41, 5.74) is 0.566. The molecular formula is C9H11N3O3S. The van der Waals surface area contributed by atoms with Crippen molar-refractivity contribution in [2.45, 2.75) is 0 Å². The van der Waals surface area contributed by atoms with Gasteiger partial charge in [0.15, 0.2) is 5.75 Å². The molecule has 0 saturated carbocycles. The zero-order valence-corrected chi connectivity index (χ0v) is 9.65. The lowest BCUT2D eigenvalue weighted by molar-refractivity contribution is 0.489. The highest BCUT2D eigenvalue weighted by molar-refractivity contribution is 7.85. The lowest BCUT2D eigenvalue weighted by Crippen LogP contribution is -2.29. The molecule has 1 heterocycles. The molecule has 0 aliphatic carbocycles. The van der Waals surface area contributed by atoms with Gasteiger partial charge in [0.2, 0.25) is 5.96 Å². The van der Waals surface area contributed by atoms with Gasteiger partial charge in [-0.3, -0.25) is 0 Å². The van der Waals surface area contributed by atoms with Crippen LogP contribution in [0, 0.1) is 0 Å². The molecule has 86 valence electrons. The number of rotatable bonds is 0. The molecule has 1 aromatic rings. The number of fused-ring (bicyclic) bond motifs is 1. The maximum atomic E-state index is 11.5.